The van der Waals surface area contributed by atoms with Gasteiger partial charge in [-0.05, 0) is 19.1 Å². The number of rotatable bonds is 7. The lowest BCUT2D eigenvalue weighted by Crippen LogP contribution is -2.36. The van der Waals surface area contributed by atoms with E-state index in [1.165, 1.54) is 19.1 Å². The van der Waals surface area contributed by atoms with Crippen LogP contribution >= 0.6 is 0 Å². The second kappa shape index (κ2) is 7.98. The van der Waals surface area contributed by atoms with Crippen LogP contribution in [0.5, 0.6) is 11.5 Å². The number of methoxy groups -OCH3 is 2. The Hall–Kier alpha value is -2.44. The molecule has 0 aliphatic carbocycles. The van der Waals surface area contributed by atoms with E-state index in [0.29, 0.717) is 23.7 Å². The van der Waals surface area contributed by atoms with Crippen molar-refractivity contribution in [3.05, 3.63) is 18.2 Å². The summed E-state index contributed by atoms with van der Waals surface area (Å²) in [6.45, 7) is 2.35. The largest absolute Gasteiger partial charge is 0.497 e. The highest BCUT2D eigenvalue weighted by molar-refractivity contribution is 5.91. The molecule has 1 aromatic rings. The van der Waals surface area contributed by atoms with Gasteiger partial charge in [0.2, 0.25) is 0 Å². The average Bonchev–Trinajstić information content (AvgIpc) is 2.47. The molecule has 116 valence electrons. The number of amides is 2. The summed E-state index contributed by atoms with van der Waals surface area (Å²) in [7, 11) is 3.03. The monoisotopic (exact) mass is 296 g/mol. The Bertz CT molecular complexity index is 504. The third-order valence-corrected chi connectivity index (χ3v) is 2.91. The van der Waals surface area contributed by atoms with Crippen molar-refractivity contribution in [1.29, 1.82) is 0 Å². The van der Waals surface area contributed by atoms with Crippen LogP contribution in [0.4, 0.5) is 10.5 Å². The zero-order valence-corrected chi connectivity index (χ0v) is 12.4. The third-order valence-electron chi connectivity index (χ3n) is 2.91. The molecule has 1 aromatic carbocycles. The van der Waals surface area contributed by atoms with Gasteiger partial charge in [-0.2, -0.15) is 0 Å². The maximum atomic E-state index is 12.1. The molecule has 2 amide bonds. The van der Waals surface area contributed by atoms with E-state index in [9.17, 15) is 9.59 Å². The molecule has 0 heterocycles. The molecule has 0 spiro atoms. The van der Waals surface area contributed by atoms with Crippen molar-refractivity contribution in [2.24, 2.45) is 0 Å². The number of hydrogen-bond acceptors (Lipinski definition) is 4. The molecule has 0 bridgehead atoms. The van der Waals surface area contributed by atoms with E-state index >= 15 is 0 Å². The molecule has 0 atom stereocenters. The van der Waals surface area contributed by atoms with Crippen LogP contribution in [0.3, 0.4) is 0 Å². The van der Waals surface area contributed by atoms with Gasteiger partial charge in [-0.3, -0.25) is 4.79 Å². The van der Waals surface area contributed by atoms with Gasteiger partial charge in [-0.15, -0.1) is 0 Å². The minimum atomic E-state index is -0.941. The minimum absolute atomic E-state index is 0.0962. The van der Waals surface area contributed by atoms with Crippen molar-refractivity contribution >= 4 is 17.7 Å². The van der Waals surface area contributed by atoms with Crippen LogP contribution < -0.4 is 14.8 Å². The van der Waals surface area contributed by atoms with Crippen molar-refractivity contribution in [3.8, 4) is 11.5 Å². The summed E-state index contributed by atoms with van der Waals surface area (Å²) >= 11 is 0. The van der Waals surface area contributed by atoms with Gasteiger partial charge >= 0.3 is 12.0 Å². The normalized spacial score (nSPS) is 9.86. The predicted octanol–water partition coefficient (Wildman–Crippen LogP) is 2.03. The van der Waals surface area contributed by atoms with E-state index in [2.05, 4.69) is 5.32 Å². The fraction of sp³-hybridized carbons (Fsp3) is 0.429. The molecule has 7 nitrogen and oxygen atoms in total. The molecule has 1 rings (SSSR count). The van der Waals surface area contributed by atoms with Gasteiger partial charge in [-0.25, -0.2) is 4.79 Å². The van der Waals surface area contributed by atoms with Crippen LogP contribution in [0, 0.1) is 0 Å². The minimum Gasteiger partial charge on any atom is -0.497 e. The van der Waals surface area contributed by atoms with E-state index in [1.807, 2.05) is 0 Å². The van der Waals surface area contributed by atoms with Crippen molar-refractivity contribution in [3.63, 3.8) is 0 Å². The molecule has 0 aliphatic heterocycles. The van der Waals surface area contributed by atoms with Gasteiger partial charge in [-0.1, -0.05) is 0 Å². The Morgan fingerprint density at radius 1 is 1.29 bits per heavy atom. The van der Waals surface area contributed by atoms with Gasteiger partial charge in [0.15, 0.2) is 0 Å². The van der Waals surface area contributed by atoms with Crippen molar-refractivity contribution in [1.82, 2.24) is 4.90 Å². The van der Waals surface area contributed by atoms with Gasteiger partial charge in [0.25, 0.3) is 0 Å². The second-order valence-corrected chi connectivity index (χ2v) is 4.22. The summed E-state index contributed by atoms with van der Waals surface area (Å²) in [5.41, 5.74) is 0.497. The van der Waals surface area contributed by atoms with Gasteiger partial charge in [0, 0.05) is 19.2 Å². The summed E-state index contributed by atoms with van der Waals surface area (Å²) in [5.74, 6) is 0.142. The molecule has 21 heavy (non-hydrogen) atoms. The molecule has 2 N–H and O–H groups in total. The number of nitrogens with one attached hydrogen (secondary N) is 1. The first-order chi connectivity index (χ1) is 10.0. The molecule has 0 radical (unpaired) electrons. The van der Waals surface area contributed by atoms with Crippen molar-refractivity contribution < 1.29 is 24.2 Å². The lowest BCUT2D eigenvalue weighted by molar-refractivity contribution is -0.137. The smallest absolute Gasteiger partial charge is 0.321 e. The number of carboxylic acids is 1. The Morgan fingerprint density at radius 2 is 2.00 bits per heavy atom. The lowest BCUT2D eigenvalue weighted by atomic mass is 10.2. The lowest BCUT2D eigenvalue weighted by Gasteiger charge is -2.21. The highest BCUT2D eigenvalue weighted by atomic mass is 16.5. The Labute approximate surface area is 123 Å². The first-order valence-electron chi connectivity index (χ1n) is 6.51. The van der Waals surface area contributed by atoms with Crippen LogP contribution in [0.1, 0.15) is 13.3 Å². The standard InChI is InChI=1S/C14H20N2O5/c1-4-16(8-7-13(17)18)14(19)15-11-6-5-10(20-2)9-12(11)21-3/h5-6,9H,4,7-8H2,1-3H3,(H,15,19)(H,17,18). The summed E-state index contributed by atoms with van der Waals surface area (Å²) in [5, 5.41) is 11.4. The Balaban J connectivity index is 2.78. The summed E-state index contributed by atoms with van der Waals surface area (Å²) < 4.78 is 10.3. The quantitative estimate of drug-likeness (QED) is 0.803. The average molecular weight is 296 g/mol. The number of hydrogen-bond donors (Lipinski definition) is 2. The number of carbonyl (C=O) groups excluding carboxylic acids is 1. The van der Waals surface area contributed by atoms with Crippen LogP contribution in [-0.4, -0.2) is 49.3 Å². The van der Waals surface area contributed by atoms with E-state index in [0.717, 1.165) is 0 Å². The first kappa shape index (κ1) is 16.6. The number of benzene rings is 1. The van der Waals surface area contributed by atoms with Gasteiger partial charge in [0.1, 0.15) is 11.5 Å². The number of ether oxygens (including phenoxy) is 2. The number of carbonyl (C=O) groups is 2. The molecule has 0 unspecified atom stereocenters. The molecule has 0 saturated carbocycles. The fourth-order valence-electron chi connectivity index (χ4n) is 1.73. The van der Waals surface area contributed by atoms with Crippen molar-refractivity contribution in [2.45, 2.75) is 13.3 Å². The molecular formula is C14H20N2O5. The number of anilines is 1. The predicted molar refractivity (Wildman–Crippen MR) is 78.1 cm³/mol. The Morgan fingerprint density at radius 3 is 2.52 bits per heavy atom. The maximum Gasteiger partial charge on any atom is 0.321 e. The second-order valence-electron chi connectivity index (χ2n) is 4.22. The number of nitrogens with zero attached hydrogens (tertiary/aromatic N) is 1. The third kappa shape index (κ3) is 4.87. The summed E-state index contributed by atoms with van der Waals surface area (Å²) in [6.07, 6.45) is -0.0962. The summed E-state index contributed by atoms with van der Waals surface area (Å²) in [4.78, 5) is 24.1. The summed E-state index contributed by atoms with van der Waals surface area (Å²) in [6, 6.07) is 4.65. The number of urea groups is 1. The highest BCUT2D eigenvalue weighted by Gasteiger charge is 2.15. The molecule has 0 aliphatic rings. The highest BCUT2D eigenvalue weighted by Crippen LogP contribution is 2.29. The topological polar surface area (TPSA) is 88.1 Å². The van der Waals surface area contributed by atoms with Crippen LogP contribution in [-0.2, 0) is 4.79 Å². The van der Waals surface area contributed by atoms with Crippen LogP contribution in [0.2, 0.25) is 0 Å². The number of aliphatic carboxylic acids is 1. The van der Waals surface area contributed by atoms with Crippen LogP contribution in [0.25, 0.3) is 0 Å². The van der Waals surface area contributed by atoms with E-state index in [-0.39, 0.29) is 19.0 Å². The Kier molecular flexibility index (Phi) is 6.32. The zero-order valence-electron chi connectivity index (χ0n) is 12.4. The van der Waals surface area contributed by atoms with E-state index in [4.69, 9.17) is 14.6 Å². The first-order valence-corrected chi connectivity index (χ1v) is 6.51. The maximum absolute atomic E-state index is 12.1. The molecule has 0 saturated heterocycles. The van der Waals surface area contributed by atoms with Crippen LogP contribution in [0.15, 0.2) is 18.2 Å². The number of carboxylic acid groups (broad SMARTS) is 1. The van der Waals surface area contributed by atoms with Gasteiger partial charge < -0.3 is 24.8 Å². The zero-order chi connectivity index (χ0) is 15.8. The molecule has 7 heteroatoms. The molecule has 0 aromatic heterocycles. The molecular weight excluding hydrogens is 276 g/mol. The SMILES string of the molecule is CCN(CCC(=O)O)C(=O)Nc1ccc(OC)cc1OC. The van der Waals surface area contributed by atoms with E-state index < -0.39 is 5.97 Å². The van der Waals surface area contributed by atoms with Gasteiger partial charge in [0.05, 0.1) is 26.3 Å². The van der Waals surface area contributed by atoms with E-state index in [1.54, 1.807) is 25.1 Å². The fourth-order valence-corrected chi connectivity index (χ4v) is 1.73. The molecule has 0 fully saturated rings. The van der Waals surface area contributed by atoms with Crippen molar-refractivity contribution in [2.75, 3.05) is 32.6 Å².